The van der Waals surface area contributed by atoms with Crippen LogP contribution in [0, 0.1) is 5.92 Å². The van der Waals surface area contributed by atoms with E-state index in [1.807, 2.05) is 13.8 Å². The molecule has 1 aromatic rings. The molecule has 1 amide bonds. The molecule has 1 aromatic carbocycles. The van der Waals surface area contributed by atoms with Crippen molar-refractivity contribution in [3.05, 3.63) is 24.3 Å². The van der Waals surface area contributed by atoms with E-state index in [1.165, 1.54) is 6.07 Å². The summed E-state index contributed by atoms with van der Waals surface area (Å²) in [6.07, 6.45) is 0.737. The highest BCUT2D eigenvalue weighted by Gasteiger charge is 2.11. The fraction of sp³-hybridized carbons (Fsp3) is 0.364. The van der Waals surface area contributed by atoms with Crippen LogP contribution in [0.15, 0.2) is 24.3 Å². The molecule has 0 bridgehead atoms. The van der Waals surface area contributed by atoms with E-state index in [1.54, 1.807) is 18.2 Å². The Bertz CT molecular complexity index is 528. The summed E-state index contributed by atoms with van der Waals surface area (Å²) in [5.74, 6) is -0.204. The van der Waals surface area contributed by atoms with Crippen molar-refractivity contribution in [2.45, 2.75) is 20.3 Å². The molecule has 18 heavy (non-hydrogen) atoms. The van der Waals surface area contributed by atoms with Gasteiger partial charge in [-0.1, -0.05) is 19.9 Å². The standard InChI is InChI=1S/C11H17N3O3S/c1-3-8(2)11(15)13-9-5-4-6-10(7-9)14-18(12,16)17/h4-8,14H,3H2,1-2H3,(H,13,15)(H2,12,16,17). The topological polar surface area (TPSA) is 101 Å². The fourth-order valence-corrected chi connectivity index (χ4v) is 1.73. The first-order chi connectivity index (χ1) is 8.31. The van der Waals surface area contributed by atoms with Gasteiger partial charge >= 0.3 is 0 Å². The second-order valence-corrected chi connectivity index (χ2v) is 5.32. The Hall–Kier alpha value is -1.60. The number of nitrogens with one attached hydrogen (secondary N) is 2. The SMILES string of the molecule is CCC(C)C(=O)Nc1cccc(NS(N)(=O)=O)c1. The summed E-state index contributed by atoms with van der Waals surface area (Å²) in [7, 11) is -3.81. The molecule has 7 heteroatoms. The summed E-state index contributed by atoms with van der Waals surface area (Å²) in [5.41, 5.74) is 0.827. The largest absolute Gasteiger partial charge is 0.326 e. The highest BCUT2D eigenvalue weighted by atomic mass is 32.2. The Kier molecular flexibility index (Phi) is 4.69. The summed E-state index contributed by atoms with van der Waals surface area (Å²) in [6, 6.07) is 6.35. The predicted molar refractivity (Wildman–Crippen MR) is 71.3 cm³/mol. The Morgan fingerprint density at radius 3 is 2.56 bits per heavy atom. The maximum Gasteiger partial charge on any atom is 0.296 e. The Labute approximate surface area is 107 Å². The first-order valence-electron chi connectivity index (χ1n) is 5.53. The summed E-state index contributed by atoms with van der Waals surface area (Å²) in [4.78, 5) is 11.7. The second kappa shape index (κ2) is 5.83. The van der Waals surface area contributed by atoms with E-state index >= 15 is 0 Å². The molecule has 0 fully saturated rings. The lowest BCUT2D eigenvalue weighted by Gasteiger charge is -2.11. The van der Waals surface area contributed by atoms with Gasteiger partial charge in [0.25, 0.3) is 10.2 Å². The van der Waals surface area contributed by atoms with Gasteiger partial charge in [0.15, 0.2) is 0 Å². The van der Waals surface area contributed by atoms with Crippen LogP contribution in [0.1, 0.15) is 20.3 Å². The number of carbonyl (C=O) groups excluding carboxylic acids is 1. The monoisotopic (exact) mass is 271 g/mol. The van der Waals surface area contributed by atoms with Gasteiger partial charge in [-0.3, -0.25) is 9.52 Å². The fourth-order valence-electron chi connectivity index (χ4n) is 1.28. The number of hydrogen-bond acceptors (Lipinski definition) is 3. The lowest BCUT2D eigenvalue weighted by atomic mass is 10.1. The van der Waals surface area contributed by atoms with Gasteiger partial charge in [0, 0.05) is 11.6 Å². The minimum atomic E-state index is -3.81. The maximum absolute atomic E-state index is 11.7. The first-order valence-corrected chi connectivity index (χ1v) is 7.08. The zero-order chi connectivity index (χ0) is 13.8. The number of benzene rings is 1. The third-order valence-corrected chi connectivity index (χ3v) is 2.97. The molecule has 0 aliphatic heterocycles. The van der Waals surface area contributed by atoms with Crippen LogP contribution < -0.4 is 15.2 Å². The van der Waals surface area contributed by atoms with E-state index in [9.17, 15) is 13.2 Å². The van der Waals surface area contributed by atoms with Crippen LogP contribution in [0.5, 0.6) is 0 Å². The number of hydrogen-bond donors (Lipinski definition) is 3. The predicted octanol–water partition coefficient (Wildman–Crippen LogP) is 1.29. The molecular weight excluding hydrogens is 254 g/mol. The molecule has 100 valence electrons. The van der Waals surface area contributed by atoms with Gasteiger partial charge < -0.3 is 5.32 Å². The van der Waals surface area contributed by atoms with Crippen molar-refractivity contribution in [1.29, 1.82) is 0 Å². The molecule has 0 radical (unpaired) electrons. The maximum atomic E-state index is 11.7. The van der Waals surface area contributed by atoms with E-state index in [4.69, 9.17) is 5.14 Å². The Morgan fingerprint density at radius 1 is 1.39 bits per heavy atom. The molecule has 0 saturated heterocycles. The number of nitrogens with two attached hydrogens (primary N) is 1. The summed E-state index contributed by atoms with van der Waals surface area (Å²) >= 11 is 0. The molecule has 1 unspecified atom stereocenters. The number of rotatable bonds is 5. The minimum Gasteiger partial charge on any atom is -0.326 e. The second-order valence-electron chi connectivity index (χ2n) is 4.03. The van der Waals surface area contributed by atoms with E-state index in [-0.39, 0.29) is 11.8 Å². The first kappa shape index (κ1) is 14.5. The highest BCUT2D eigenvalue weighted by Crippen LogP contribution is 2.16. The molecule has 4 N–H and O–H groups in total. The van der Waals surface area contributed by atoms with E-state index in [0.29, 0.717) is 11.4 Å². The third kappa shape index (κ3) is 4.72. The zero-order valence-electron chi connectivity index (χ0n) is 10.3. The molecule has 1 atom stereocenters. The number of anilines is 2. The molecule has 0 saturated carbocycles. The minimum absolute atomic E-state index is 0.0974. The molecule has 6 nitrogen and oxygen atoms in total. The normalized spacial score (nSPS) is 12.8. The van der Waals surface area contributed by atoms with Crippen LogP contribution in [0.25, 0.3) is 0 Å². The van der Waals surface area contributed by atoms with Crippen LogP contribution in [0.4, 0.5) is 11.4 Å². The van der Waals surface area contributed by atoms with Crippen molar-refractivity contribution in [2.24, 2.45) is 11.1 Å². The van der Waals surface area contributed by atoms with Crippen LogP contribution >= 0.6 is 0 Å². The van der Waals surface area contributed by atoms with Crippen LogP contribution in [0.2, 0.25) is 0 Å². The molecule has 0 spiro atoms. The Morgan fingerprint density at radius 2 is 2.00 bits per heavy atom. The molecule has 0 aromatic heterocycles. The van der Waals surface area contributed by atoms with Crippen molar-refractivity contribution in [3.8, 4) is 0 Å². The molecule has 0 aliphatic rings. The average molecular weight is 271 g/mol. The van der Waals surface area contributed by atoms with E-state index in [2.05, 4.69) is 10.0 Å². The summed E-state index contributed by atoms with van der Waals surface area (Å²) in [5, 5.41) is 7.57. The van der Waals surface area contributed by atoms with Gasteiger partial charge in [-0.2, -0.15) is 8.42 Å². The van der Waals surface area contributed by atoms with Gasteiger partial charge in [0.05, 0.1) is 5.69 Å². The molecular formula is C11H17N3O3S. The van der Waals surface area contributed by atoms with Gasteiger partial charge in [-0.25, -0.2) is 5.14 Å². The summed E-state index contributed by atoms with van der Waals surface area (Å²) < 4.78 is 23.9. The van der Waals surface area contributed by atoms with Gasteiger partial charge in [-0.05, 0) is 24.6 Å². The van der Waals surface area contributed by atoms with Gasteiger partial charge in [0.2, 0.25) is 5.91 Å². The summed E-state index contributed by atoms with van der Waals surface area (Å²) in [6.45, 7) is 3.74. The Balaban J connectivity index is 2.80. The van der Waals surface area contributed by atoms with Crippen LogP contribution in [-0.2, 0) is 15.0 Å². The van der Waals surface area contributed by atoms with Gasteiger partial charge in [-0.15, -0.1) is 0 Å². The smallest absolute Gasteiger partial charge is 0.296 e. The van der Waals surface area contributed by atoms with E-state index < -0.39 is 10.2 Å². The van der Waals surface area contributed by atoms with E-state index in [0.717, 1.165) is 6.42 Å². The van der Waals surface area contributed by atoms with Crippen molar-refractivity contribution in [2.75, 3.05) is 10.0 Å². The van der Waals surface area contributed by atoms with Crippen molar-refractivity contribution < 1.29 is 13.2 Å². The van der Waals surface area contributed by atoms with Gasteiger partial charge in [0.1, 0.15) is 0 Å². The highest BCUT2D eigenvalue weighted by molar-refractivity contribution is 7.90. The molecule has 1 rings (SSSR count). The molecule has 0 heterocycles. The van der Waals surface area contributed by atoms with Crippen molar-refractivity contribution in [1.82, 2.24) is 0 Å². The van der Waals surface area contributed by atoms with Crippen molar-refractivity contribution >= 4 is 27.5 Å². The van der Waals surface area contributed by atoms with Crippen molar-refractivity contribution in [3.63, 3.8) is 0 Å². The lowest BCUT2D eigenvalue weighted by Crippen LogP contribution is -2.22. The lowest BCUT2D eigenvalue weighted by molar-refractivity contribution is -0.119. The average Bonchev–Trinajstić information content (AvgIpc) is 2.26. The quantitative estimate of drug-likeness (QED) is 0.752. The van der Waals surface area contributed by atoms with Crippen LogP contribution in [0.3, 0.4) is 0 Å². The third-order valence-electron chi connectivity index (χ3n) is 2.45. The zero-order valence-corrected chi connectivity index (χ0v) is 11.1. The molecule has 0 aliphatic carbocycles. The number of amides is 1. The number of carbonyl (C=O) groups is 1. The van der Waals surface area contributed by atoms with Crippen LogP contribution in [-0.4, -0.2) is 14.3 Å².